The third kappa shape index (κ3) is 3.96. The molecule has 0 aliphatic carbocycles. The second kappa shape index (κ2) is 7.28. The van der Waals surface area contributed by atoms with E-state index in [0.717, 1.165) is 0 Å². The summed E-state index contributed by atoms with van der Waals surface area (Å²) >= 11 is 0. The molecule has 0 atom stereocenters. The minimum Gasteiger partial charge on any atom is -0.469 e. The molecule has 0 unspecified atom stereocenters. The van der Waals surface area contributed by atoms with Crippen molar-refractivity contribution in [2.75, 3.05) is 30.9 Å². The number of benzene rings is 1. The molecule has 0 heterocycles. The molecule has 0 bridgehead atoms. The maximum absolute atomic E-state index is 12.1. The van der Waals surface area contributed by atoms with Gasteiger partial charge in [0.05, 0.1) is 29.9 Å². The number of ether oxygens (including phenoxy) is 1. The van der Waals surface area contributed by atoms with Gasteiger partial charge in [0.2, 0.25) is 0 Å². The highest BCUT2D eigenvalue weighted by molar-refractivity contribution is 7.91. The first kappa shape index (κ1) is 16.5. The van der Waals surface area contributed by atoms with Crippen molar-refractivity contribution in [3.63, 3.8) is 0 Å². The SMILES string of the molecule is CCN(CCC(=O)OC)c1ccccc1S(=O)(=O)CC. The van der Waals surface area contributed by atoms with E-state index in [1.54, 1.807) is 31.2 Å². The van der Waals surface area contributed by atoms with Gasteiger partial charge in [-0.3, -0.25) is 4.79 Å². The quantitative estimate of drug-likeness (QED) is 0.719. The molecular formula is C14H21NO4S. The number of esters is 1. The van der Waals surface area contributed by atoms with Gasteiger partial charge >= 0.3 is 5.97 Å². The molecule has 0 saturated carbocycles. The minimum absolute atomic E-state index is 0.0541. The Kier molecular flexibility index (Phi) is 6.01. The molecule has 112 valence electrons. The van der Waals surface area contributed by atoms with Crippen LogP contribution in [0, 0.1) is 0 Å². The summed E-state index contributed by atoms with van der Waals surface area (Å²) in [6.07, 6.45) is 0.227. The summed E-state index contributed by atoms with van der Waals surface area (Å²) in [6, 6.07) is 6.88. The van der Waals surface area contributed by atoms with Gasteiger partial charge in [0.15, 0.2) is 9.84 Å². The molecule has 1 aromatic carbocycles. The second-order valence-corrected chi connectivity index (χ2v) is 6.52. The van der Waals surface area contributed by atoms with Gasteiger partial charge < -0.3 is 9.64 Å². The van der Waals surface area contributed by atoms with E-state index in [-0.39, 0.29) is 18.1 Å². The summed E-state index contributed by atoms with van der Waals surface area (Å²) in [6.45, 7) is 4.59. The van der Waals surface area contributed by atoms with Gasteiger partial charge in [-0.15, -0.1) is 0 Å². The smallest absolute Gasteiger partial charge is 0.307 e. The number of anilines is 1. The molecule has 0 aliphatic rings. The number of hydrogen-bond acceptors (Lipinski definition) is 5. The van der Waals surface area contributed by atoms with Crippen molar-refractivity contribution in [3.8, 4) is 0 Å². The van der Waals surface area contributed by atoms with Crippen LogP contribution in [0.25, 0.3) is 0 Å². The largest absolute Gasteiger partial charge is 0.469 e. The Morgan fingerprint density at radius 3 is 2.45 bits per heavy atom. The van der Waals surface area contributed by atoms with E-state index in [4.69, 9.17) is 0 Å². The van der Waals surface area contributed by atoms with E-state index in [2.05, 4.69) is 4.74 Å². The molecular weight excluding hydrogens is 278 g/mol. The molecule has 20 heavy (non-hydrogen) atoms. The summed E-state index contributed by atoms with van der Waals surface area (Å²) in [7, 11) is -1.94. The molecule has 1 aromatic rings. The molecule has 0 amide bonds. The van der Waals surface area contributed by atoms with Crippen molar-refractivity contribution >= 4 is 21.5 Å². The summed E-state index contributed by atoms with van der Waals surface area (Å²) in [5.41, 5.74) is 0.640. The first-order valence-electron chi connectivity index (χ1n) is 6.59. The zero-order valence-corrected chi connectivity index (χ0v) is 12.9. The molecule has 6 heteroatoms. The van der Waals surface area contributed by atoms with Crippen molar-refractivity contribution in [1.29, 1.82) is 0 Å². The Morgan fingerprint density at radius 2 is 1.90 bits per heavy atom. The van der Waals surface area contributed by atoms with Gasteiger partial charge in [-0.05, 0) is 19.1 Å². The van der Waals surface area contributed by atoms with E-state index < -0.39 is 9.84 Å². The topological polar surface area (TPSA) is 63.7 Å². The zero-order valence-electron chi connectivity index (χ0n) is 12.1. The first-order valence-corrected chi connectivity index (χ1v) is 8.25. The van der Waals surface area contributed by atoms with E-state index in [0.29, 0.717) is 23.7 Å². The number of rotatable bonds is 7. The normalized spacial score (nSPS) is 11.2. The number of para-hydroxylation sites is 1. The highest BCUT2D eigenvalue weighted by atomic mass is 32.2. The fourth-order valence-corrected chi connectivity index (χ4v) is 3.03. The summed E-state index contributed by atoms with van der Waals surface area (Å²) in [4.78, 5) is 13.4. The van der Waals surface area contributed by atoms with Crippen molar-refractivity contribution in [2.24, 2.45) is 0 Å². The molecule has 5 nitrogen and oxygen atoms in total. The summed E-state index contributed by atoms with van der Waals surface area (Å²) in [5.74, 6) is -0.252. The molecule has 0 spiro atoms. The maximum Gasteiger partial charge on any atom is 0.307 e. The molecule has 0 N–H and O–H groups in total. The predicted octanol–water partition coefficient (Wildman–Crippen LogP) is 1.87. The number of nitrogens with zero attached hydrogens (tertiary/aromatic N) is 1. The maximum atomic E-state index is 12.1. The lowest BCUT2D eigenvalue weighted by molar-refractivity contribution is -0.140. The molecule has 0 fully saturated rings. The second-order valence-electron chi connectivity index (χ2n) is 4.28. The molecule has 0 radical (unpaired) electrons. The molecule has 0 aliphatic heterocycles. The lowest BCUT2D eigenvalue weighted by atomic mass is 10.2. The van der Waals surface area contributed by atoms with Crippen LogP contribution in [0.3, 0.4) is 0 Å². The van der Waals surface area contributed by atoms with Crippen LogP contribution in [0.1, 0.15) is 20.3 Å². The van der Waals surface area contributed by atoms with Gasteiger partial charge in [0.25, 0.3) is 0 Å². The number of methoxy groups -OCH3 is 1. The average Bonchev–Trinajstić information content (AvgIpc) is 2.48. The Bertz CT molecular complexity index is 554. The molecule has 1 rings (SSSR count). The molecule has 0 saturated heterocycles. The summed E-state index contributed by atoms with van der Waals surface area (Å²) < 4.78 is 28.9. The van der Waals surface area contributed by atoms with Crippen LogP contribution in [0.2, 0.25) is 0 Å². The third-order valence-corrected chi connectivity index (χ3v) is 4.89. The Balaban J connectivity index is 3.07. The molecule has 0 aromatic heterocycles. The van der Waals surface area contributed by atoms with E-state index in [1.165, 1.54) is 7.11 Å². The highest BCUT2D eigenvalue weighted by Gasteiger charge is 2.19. The monoisotopic (exact) mass is 299 g/mol. The van der Waals surface area contributed by atoms with Crippen LogP contribution in [0.15, 0.2) is 29.2 Å². The van der Waals surface area contributed by atoms with Crippen LogP contribution in [0.4, 0.5) is 5.69 Å². The lowest BCUT2D eigenvalue weighted by Gasteiger charge is -2.25. The number of hydrogen-bond donors (Lipinski definition) is 0. The van der Waals surface area contributed by atoms with Crippen LogP contribution in [-0.4, -0.2) is 40.3 Å². The van der Waals surface area contributed by atoms with Crippen molar-refractivity contribution in [3.05, 3.63) is 24.3 Å². The van der Waals surface area contributed by atoms with E-state index >= 15 is 0 Å². The Labute approximate surface area is 120 Å². The number of carbonyl (C=O) groups is 1. The standard InChI is InChI=1S/C14H21NO4S/c1-4-15(11-10-14(16)19-3)12-8-6-7-9-13(12)20(17,18)5-2/h6-9H,4-5,10-11H2,1-3H3. The van der Waals surface area contributed by atoms with Crippen molar-refractivity contribution in [2.45, 2.75) is 25.2 Å². The average molecular weight is 299 g/mol. The highest BCUT2D eigenvalue weighted by Crippen LogP contribution is 2.26. The fraction of sp³-hybridized carbons (Fsp3) is 0.500. The van der Waals surface area contributed by atoms with Gasteiger partial charge in [-0.25, -0.2) is 8.42 Å². The van der Waals surface area contributed by atoms with Crippen LogP contribution in [0.5, 0.6) is 0 Å². The van der Waals surface area contributed by atoms with Crippen LogP contribution in [-0.2, 0) is 19.4 Å². The van der Waals surface area contributed by atoms with E-state index in [9.17, 15) is 13.2 Å². The first-order chi connectivity index (χ1) is 9.46. The fourth-order valence-electron chi connectivity index (χ4n) is 1.91. The van der Waals surface area contributed by atoms with Crippen molar-refractivity contribution in [1.82, 2.24) is 0 Å². The predicted molar refractivity (Wildman–Crippen MR) is 78.7 cm³/mol. The minimum atomic E-state index is -3.29. The Morgan fingerprint density at radius 1 is 1.25 bits per heavy atom. The zero-order chi connectivity index (χ0) is 15.2. The van der Waals surface area contributed by atoms with Gasteiger partial charge in [0.1, 0.15) is 0 Å². The van der Waals surface area contributed by atoms with Gasteiger partial charge in [0, 0.05) is 13.1 Å². The summed E-state index contributed by atoms with van der Waals surface area (Å²) in [5, 5.41) is 0. The van der Waals surface area contributed by atoms with Gasteiger partial charge in [-0.2, -0.15) is 0 Å². The van der Waals surface area contributed by atoms with Gasteiger partial charge in [-0.1, -0.05) is 19.1 Å². The number of sulfone groups is 1. The van der Waals surface area contributed by atoms with Crippen molar-refractivity contribution < 1.29 is 17.9 Å². The van der Waals surface area contributed by atoms with Crippen LogP contribution < -0.4 is 4.90 Å². The third-order valence-electron chi connectivity index (χ3n) is 3.12. The van der Waals surface area contributed by atoms with Crippen LogP contribution >= 0.6 is 0 Å². The Hall–Kier alpha value is -1.56. The van der Waals surface area contributed by atoms with E-state index in [1.807, 2.05) is 11.8 Å². The number of carbonyl (C=O) groups excluding carboxylic acids is 1. The lowest BCUT2D eigenvalue weighted by Crippen LogP contribution is -2.27.